The predicted octanol–water partition coefficient (Wildman–Crippen LogP) is 5.53. The summed E-state index contributed by atoms with van der Waals surface area (Å²) in [5, 5.41) is 31.0. The van der Waals surface area contributed by atoms with E-state index >= 15 is 0 Å². The summed E-state index contributed by atoms with van der Waals surface area (Å²) in [6.45, 7) is 9.53. The van der Waals surface area contributed by atoms with Crippen molar-refractivity contribution in [3.8, 4) is 17.2 Å². The second-order valence-electron chi connectivity index (χ2n) is 7.50. The number of rotatable bonds is 3. The Labute approximate surface area is 160 Å². The Morgan fingerprint density at radius 3 is 1.41 bits per heavy atom. The molecule has 0 spiro atoms. The van der Waals surface area contributed by atoms with Crippen LogP contribution >= 0.6 is 0 Å². The Kier molecular flexibility index (Phi) is 4.88. The van der Waals surface area contributed by atoms with Gasteiger partial charge in [-0.2, -0.15) is 0 Å². The summed E-state index contributed by atoms with van der Waals surface area (Å²) in [5.41, 5.74) is 7.06. The van der Waals surface area contributed by atoms with Crippen LogP contribution in [0.4, 0.5) is 0 Å². The summed E-state index contributed by atoms with van der Waals surface area (Å²) in [4.78, 5) is 0. The molecule has 3 aromatic carbocycles. The van der Waals surface area contributed by atoms with Gasteiger partial charge in [0.2, 0.25) is 0 Å². The minimum absolute atomic E-state index is 0.208. The van der Waals surface area contributed by atoms with E-state index in [1.807, 2.05) is 71.0 Å². The zero-order valence-electron chi connectivity index (χ0n) is 16.5. The van der Waals surface area contributed by atoms with Crippen molar-refractivity contribution in [1.29, 1.82) is 0 Å². The Morgan fingerprint density at radius 2 is 1.00 bits per heavy atom. The largest absolute Gasteiger partial charge is 0.508 e. The molecule has 0 bridgehead atoms. The Bertz CT molecular complexity index is 915. The van der Waals surface area contributed by atoms with Gasteiger partial charge in [-0.1, -0.05) is 42.0 Å². The molecular formula is C24H26O3. The van der Waals surface area contributed by atoms with Gasteiger partial charge in [-0.05, 0) is 74.1 Å². The van der Waals surface area contributed by atoms with Gasteiger partial charge in [-0.15, -0.1) is 0 Å². The lowest BCUT2D eigenvalue weighted by Gasteiger charge is -2.23. The molecule has 3 rings (SSSR count). The van der Waals surface area contributed by atoms with Crippen molar-refractivity contribution >= 4 is 0 Å². The molecule has 0 fully saturated rings. The van der Waals surface area contributed by atoms with Gasteiger partial charge < -0.3 is 15.3 Å². The molecule has 0 unspecified atom stereocenters. The van der Waals surface area contributed by atoms with Crippen molar-refractivity contribution in [3.05, 3.63) is 87.0 Å². The monoisotopic (exact) mass is 362 g/mol. The van der Waals surface area contributed by atoms with E-state index in [2.05, 4.69) is 0 Å². The quantitative estimate of drug-likeness (QED) is 0.537. The van der Waals surface area contributed by atoms with Gasteiger partial charge in [0.25, 0.3) is 0 Å². The van der Waals surface area contributed by atoms with Crippen molar-refractivity contribution in [2.45, 2.75) is 40.5 Å². The van der Waals surface area contributed by atoms with Crippen molar-refractivity contribution in [1.82, 2.24) is 0 Å². The predicted molar refractivity (Wildman–Crippen MR) is 109 cm³/mol. The Hall–Kier alpha value is -2.94. The Morgan fingerprint density at radius 1 is 0.593 bits per heavy atom. The highest BCUT2D eigenvalue weighted by molar-refractivity contribution is 5.55. The van der Waals surface area contributed by atoms with E-state index < -0.39 is 0 Å². The van der Waals surface area contributed by atoms with Crippen molar-refractivity contribution in [3.63, 3.8) is 0 Å². The van der Waals surface area contributed by atoms with E-state index in [0.717, 1.165) is 44.5 Å². The first kappa shape index (κ1) is 18.8. The van der Waals surface area contributed by atoms with Gasteiger partial charge in [0, 0.05) is 11.5 Å². The maximum Gasteiger partial charge on any atom is 0.121 e. The van der Waals surface area contributed by atoms with Crippen molar-refractivity contribution in [2.24, 2.45) is 0 Å². The van der Waals surface area contributed by atoms with Crippen LogP contribution in [0.15, 0.2) is 42.5 Å². The molecule has 0 radical (unpaired) electrons. The summed E-state index contributed by atoms with van der Waals surface area (Å²) in [7, 11) is 0. The molecule has 0 saturated carbocycles. The third kappa shape index (κ3) is 3.50. The van der Waals surface area contributed by atoms with Gasteiger partial charge in [0.05, 0.1) is 0 Å². The maximum absolute atomic E-state index is 10.6. The number of hydrogen-bond acceptors (Lipinski definition) is 3. The summed E-state index contributed by atoms with van der Waals surface area (Å²) >= 11 is 0. The number of benzene rings is 3. The van der Waals surface area contributed by atoms with E-state index in [1.165, 1.54) is 0 Å². The standard InChI is InChI=1S/C24H26O3/c1-13-6-7-21(25)20(8-13)22(18-9-14(2)23(26)15(3)10-18)19-11-16(4)24(27)17(5)12-19/h6-12,22,25-27H,1-5H3. The van der Waals surface area contributed by atoms with E-state index in [0.29, 0.717) is 11.5 Å². The molecule has 0 atom stereocenters. The molecular weight excluding hydrogens is 336 g/mol. The van der Waals surface area contributed by atoms with Crippen LogP contribution in [0.5, 0.6) is 17.2 Å². The fourth-order valence-corrected chi connectivity index (χ4v) is 3.77. The van der Waals surface area contributed by atoms with E-state index in [4.69, 9.17) is 0 Å². The van der Waals surface area contributed by atoms with Crippen LogP contribution < -0.4 is 0 Å². The third-order valence-corrected chi connectivity index (χ3v) is 5.19. The maximum atomic E-state index is 10.6. The summed E-state index contributed by atoms with van der Waals surface area (Å²) < 4.78 is 0. The number of hydrogen-bond donors (Lipinski definition) is 3. The highest BCUT2D eigenvalue weighted by Crippen LogP contribution is 2.41. The minimum atomic E-state index is -0.208. The number of phenolic OH excluding ortho intramolecular Hbond substituents is 3. The first-order chi connectivity index (χ1) is 12.7. The molecule has 0 aliphatic rings. The zero-order valence-corrected chi connectivity index (χ0v) is 16.5. The third-order valence-electron chi connectivity index (χ3n) is 5.19. The summed E-state index contributed by atoms with van der Waals surface area (Å²) in [6, 6.07) is 13.5. The van der Waals surface area contributed by atoms with Crippen LogP contribution in [0, 0.1) is 34.6 Å². The summed E-state index contributed by atoms with van der Waals surface area (Å²) in [6.07, 6.45) is 0. The lowest BCUT2D eigenvalue weighted by molar-refractivity contribution is 0.464. The molecule has 0 saturated heterocycles. The van der Waals surface area contributed by atoms with Gasteiger partial charge in [-0.3, -0.25) is 0 Å². The number of phenols is 3. The lowest BCUT2D eigenvalue weighted by Crippen LogP contribution is -2.06. The lowest BCUT2D eigenvalue weighted by atomic mass is 9.81. The molecule has 27 heavy (non-hydrogen) atoms. The number of aryl methyl sites for hydroxylation is 5. The van der Waals surface area contributed by atoms with Crippen molar-refractivity contribution < 1.29 is 15.3 Å². The van der Waals surface area contributed by atoms with Gasteiger partial charge in [0.15, 0.2) is 0 Å². The van der Waals surface area contributed by atoms with E-state index in [1.54, 1.807) is 6.07 Å². The molecule has 3 nitrogen and oxygen atoms in total. The Balaban J connectivity index is 2.32. The van der Waals surface area contributed by atoms with Gasteiger partial charge in [0.1, 0.15) is 17.2 Å². The van der Waals surface area contributed by atoms with E-state index in [-0.39, 0.29) is 11.7 Å². The molecule has 3 N–H and O–H groups in total. The summed E-state index contributed by atoms with van der Waals surface area (Å²) in [5.74, 6) is 0.617. The molecule has 0 heterocycles. The van der Waals surface area contributed by atoms with Crippen molar-refractivity contribution in [2.75, 3.05) is 0 Å². The molecule has 0 aliphatic carbocycles. The fourth-order valence-electron chi connectivity index (χ4n) is 3.77. The zero-order chi connectivity index (χ0) is 19.9. The molecule has 3 aromatic rings. The van der Waals surface area contributed by atoms with Gasteiger partial charge in [-0.25, -0.2) is 0 Å². The molecule has 0 aromatic heterocycles. The fraction of sp³-hybridized carbons (Fsp3) is 0.250. The highest BCUT2D eigenvalue weighted by Gasteiger charge is 2.23. The van der Waals surface area contributed by atoms with Gasteiger partial charge >= 0.3 is 0 Å². The van der Waals surface area contributed by atoms with Crippen LogP contribution in [0.3, 0.4) is 0 Å². The average molecular weight is 362 g/mol. The minimum Gasteiger partial charge on any atom is -0.508 e. The SMILES string of the molecule is Cc1ccc(O)c(C(c2cc(C)c(O)c(C)c2)c2cc(C)c(O)c(C)c2)c1. The first-order valence-electron chi connectivity index (χ1n) is 9.08. The van der Waals surface area contributed by atoms with Crippen LogP contribution in [0.2, 0.25) is 0 Å². The second kappa shape index (κ2) is 6.99. The molecule has 3 heteroatoms. The molecule has 140 valence electrons. The molecule has 0 amide bonds. The average Bonchev–Trinajstić information content (AvgIpc) is 2.60. The highest BCUT2D eigenvalue weighted by atomic mass is 16.3. The smallest absolute Gasteiger partial charge is 0.121 e. The van der Waals surface area contributed by atoms with Crippen LogP contribution in [0.1, 0.15) is 50.4 Å². The van der Waals surface area contributed by atoms with E-state index in [9.17, 15) is 15.3 Å². The van der Waals surface area contributed by atoms with Crippen LogP contribution in [0.25, 0.3) is 0 Å². The second-order valence-corrected chi connectivity index (χ2v) is 7.50. The van der Waals surface area contributed by atoms with Crippen LogP contribution in [-0.2, 0) is 0 Å². The van der Waals surface area contributed by atoms with Crippen LogP contribution in [-0.4, -0.2) is 15.3 Å². The normalized spacial score (nSPS) is 11.2. The molecule has 0 aliphatic heterocycles. The topological polar surface area (TPSA) is 60.7 Å². The first-order valence-corrected chi connectivity index (χ1v) is 9.08. The number of aromatic hydroxyl groups is 3.